The molecule has 0 aliphatic rings. The molecule has 0 saturated carbocycles. The Hall–Kier alpha value is -2.05. The van der Waals surface area contributed by atoms with Crippen molar-refractivity contribution in [2.45, 2.75) is 33.4 Å². The molecule has 0 aliphatic heterocycles. The molecule has 3 N–H and O–H groups in total. The Morgan fingerprint density at radius 1 is 1.44 bits per heavy atom. The molecule has 1 aromatic heterocycles. The predicted octanol–water partition coefficient (Wildman–Crippen LogP) is 0.309. The molecule has 1 aromatic rings. The molecule has 0 saturated heterocycles. The maximum absolute atomic E-state index is 11.4. The fourth-order valence-electron chi connectivity index (χ4n) is 1.55. The second kappa shape index (κ2) is 5.52. The highest BCUT2D eigenvalue weighted by Crippen LogP contribution is 2.10. The van der Waals surface area contributed by atoms with Gasteiger partial charge in [0.25, 0.3) is 0 Å². The van der Waals surface area contributed by atoms with E-state index in [-0.39, 0.29) is 0 Å². The molecule has 0 bridgehead atoms. The van der Waals surface area contributed by atoms with Gasteiger partial charge in [-0.25, -0.2) is 4.79 Å². The van der Waals surface area contributed by atoms with Gasteiger partial charge in [0.05, 0.1) is 5.69 Å². The van der Waals surface area contributed by atoms with Gasteiger partial charge in [0, 0.05) is 24.8 Å². The zero-order valence-electron chi connectivity index (χ0n) is 10.9. The smallest absolute Gasteiger partial charge is 0.325 e. The third-order valence-corrected chi connectivity index (χ3v) is 2.80. The lowest BCUT2D eigenvalue weighted by atomic mass is 10.2. The van der Waals surface area contributed by atoms with Gasteiger partial charge in [-0.15, -0.1) is 0 Å². The van der Waals surface area contributed by atoms with Crippen LogP contribution in [0.15, 0.2) is 0 Å². The lowest BCUT2D eigenvalue weighted by Crippen LogP contribution is -2.44. The maximum Gasteiger partial charge on any atom is 0.325 e. The van der Waals surface area contributed by atoms with Gasteiger partial charge in [-0.3, -0.25) is 9.48 Å². The van der Waals surface area contributed by atoms with Crippen molar-refractivity contribution >= 4 is 12.0 Å². The summed E-state index contributed by atoms with van der Waals surface area (Å²) in [4.78, 5) is 22.0. The minimum absolute atomic E-state index is 0.323. The molecule has 100 valence electrons. The number of hydrogen-bond acceptors (Lipinski definition) is 3. The Kier molecular flexibility index (Phi) is 4.30. The number of carboxylic acid groups (broad SMARTS) is 1. The van der Waals surface area contributed by atoms with Gasteiger partial charge >= 0.3 is 12.0 Å². The van der Waals surface area contributed by atoms with Crippen molar-refractivity contribution in [2.75, 3.05) is 0 Å². The summed E-state index contributed by atoms with van der Waals surface area (Å²) in [6, 6.07) is -1.42. The summed E-state index contributed by atoms with van der Waals surface area (Å²) in [5.74, 6) is -1.07. The fourth-order valence-corrected chi connectivity index (χ4v) is 1.55. The number of rotatable bonds is 4. The summed E-state index contributed by atoms with van der Waals surface area (Å²) in [5.41, 5.74) is 2.76. The third-order valence-electron chi connectivity index (χ3n) is 2.80. The van der Waals surface area contributed by atoms with Crippen LogP contribution >= 0.6 is 0 Å². The van der Waals surface area contributed by atoms with Crippen molar-refractivity contribution in [1.82, 2.24) is 20.4 Å². The Bertz CT molecular complexity index is 467. The highest BCUT2D eigenvalue weighted by atomic mass is 16.4. The molecule has 2 amide bonds. The molecule has 1 atom stereocenters. The number of amides is 2. The van der Waals surface area contributed by atoms with Crippen LogP contribution in [0.1, 0.15) is 23.9 Å². The second-order valence-electron chi connectivity index (χ2n) is 4.16. The summed E-state index contributed by atoms with van der Waals surface area (Å²) in [6.07, 6.45) is 0. The summed E-state index contributed by atoms with van der Waals surface area (Å²) in [6.45, 7) is 5.50. The maximum atomic E-state index is 11.4. The molecule has 18 heavy (non-hydrogen) atoms. The zero-order chi connectivity index (χ0) is 13.9. The average molecular weight is 254 g/mol. The Morgan fingerprint density at radius 3 is 2.50 bits per heavy atom. The largest absolute Gasteiger partial charge is 0.480 e. The van der Waals surface area contributed by atoms with Gasteiger partial charge in [-0.1, -0.05) is 0 Å². The predicted molar refractivity (Wildman–Crippen MR) is 65.2 cm³/mol. The van der Waals surface area contributed by atoms with E-state index in [0.29, 0.717) is 6.54 Å². The van der Waals surface area contributed by atoms with Crippen molar-refractivity contribution in [2.24, 2.45) is 7.05 Å². The Balaban J connectivity index is 2.55. The number of carbonyl (C=O) groups excluding carboxylic acids is 1. The van der Waals surface area contributed by atoms with E-state index >= 15 is 0 Å². The lowest BCUT2D eigenvalue weighted by Gasteiger charge is -2.10. The van der Waals surface area contributed by atoms with Crippen molar-refractivity contribution in [1.29, 1.82) is 0 Å². The van der Waals surface area contributed by atoms with Gasteiger partial charge in [0.15, 0.2) is 0 Å². The lowest BCUT2D eigenvalue weighted by molar-refractivity contribution is -0.138. The Labute approximate surface area is 105 Å². The van der Waals surface area contributed by atoms with Crippen LogP contribution in [0.5, 0.6) is 0 Å². The van der Waals surface area contributed by atoms with E-state index in [1.165, 1.54) is 6.92 Å². The molecular formula is C11H18N4O3. The molecule has 0 fully saturated rings. The van der Waals surface area contributed by atoms with Gasteiger partial charge in [-0.2, -0.15) is 5.10 Å². The van der Waals surface area contributed by atoms with Crippen LogP contribution in [0.3, 0.4) is 0 Å². The van der Waals surface area contributed by atoms with E-state index in [9.17, 15) is 9.59 Å². The van der Waals surface area contributed by atoms with Gasteiger partial charge in [0.1, 0.15) is 6.04 Å². The average Bonchev–Trinajstić information content (AvgIpc) is 2.51. The van der Waals surface area contributed by atoms with E-state index in [0.717, 1.165) is 17.0 Å². The van der Waals surface area contributed by atoms with Crippen LogP contribution in [-0.4, -0.2) is 32.9 Å². The molecule has 1 rings (SSSR count). The SMILES string of the molecule is Cc1nn(C)c(C)c1CNC(=O)N[C@H](C)C(=O)O. The van der Waals surface area contributed by atoms with E-state index in [4.69, 9.17) is 5.11 Å². The van der Waals surface area contributed by atoms with E-state index in [1.807, 2.05) is 20.9 Å². The number of aliphatic carboxylic acids is 1. The molecule has 0 aliphatic carbocycles. The number of hydrogen-bond donors (Lipinski definition) is 3. The first-order valence-electron chi connectivity index (χ1n) is 5.59. The molecule has 0 spiro atoms. The van der Waals surface area contributed by atoms with E-state index in [2.05, 4.69) is 15.7 Å². The number of aryl methyl sites for hydroxylation is 2. The Morgan fingerprint density at radius 2 is 2.06 bits per heavy atom. The van der Waals surface area contributed by atoms with Crippen molar-refractivity contribution in [3.05, 3.63) is 17.0 Å². The molecular weight excluding hydrogens is 236 g/mol. The minimum Gasteiger partial charge on any atom is -0.480 e. The van der Waals surface area contributed by atoms with Crippen LogP contribution in [-0.2, 0) is 18.4 Å². The zero-order valence-corrected chi connectivity index (χ0v) is 10.9. The molecule has 7 nitrogen and oxygen atoms in total. The third kappa shape index (κ3) is 3.22. The van der Waals surface area contributed by atoms with Crippen LogP contribution < -0.4 is 10.6 Å². The molecule has 7 heteroatoms. The van der Waals surface area contributed by atoms with Gasteiger partial charge in [0.2, 0.25) is 0 Å². The first-order chi connectivity index (χ1) is 8.32. The number of carbonyl (C=O) groups is 2. The van der Waals surface area contributed by atoms with Crippen molar-refractivity contribution < 1.29 is 14.7 Å². The van der Waals surface area contributed by atoms with Crippen LogP contribution in [0, 0.1) is 13.8 Å². The summed E-state index contributed by atoms with van der Waals surface area (Å²) in [5, 5.41) is 17.8. The molecule has 1 heterocycles. The van der Waals surface area contributed by atoms with Crippen molar-refractivity contribution in [3.8, 4) is 0 Å². The molecule has 0 unspecified atom stereocenters. The first-order valence-corrected chi connectivity index (χ1v) is 5.59. The molecule has 0 aromatic carbocycles. The molecule has 0 radical (unpaired) electrons. The van der Waals surface area contributed by atoms with Crippen LogP contribution in [0.4, 0.5) is 4.79 Å². The number of nitrogens with zero attached hydrogens (tertiary/aromatic N) is 2. The summed E-state index contributed by atoms with van der Waals surface area (Å²) in [7, 11) is 1.83. The van der Waals surface area contributed by atoms with Gasteiger partial charge in [-0.05, 0) is 20.8 Å². The van der Waals surface area contributed by atoms with Crippen LogP contribution in [0.25, 0.3) is 0 Å². The number of carboxylic acids is 1. The van der Waals surface area contributed by atoms with Crippen LogP contribution in [0.2, 0.25) is 0 Å². The standard InChI is InChI=1S/C11H18N4O3/c1-6-9(8(3)15(4)14-6)5-12-11(18)13-7(2)10(16)17/h7H,5H2,1-4H3,(H,16,17)(H2,12,13,18)/t7-/m1/s1. The summed E-state index contributed by atoms with van der Waals surface area (Å²) >= 11 is 0. The van der Waals surface area contributed by atoms with E-state index in [1.54, 1.807) is 4.68 Å². The summed E-state index contributed by atoms with van der Waals surface area (Å²) < 4.78 is 1.74. The quantitative estimate of drug-likeness (QED) is 0.720. The number of nitrogens with one attached hydrogen (secondary N) is 2. The minimum atomic E-state index is -1.07. The number of aromatic nitrogens is 2. The normalized spacial score (nSPS) is 12.0. The topological polar surface area (TPSA) is 96.3 Å². The highest BCUT2D eigenvalue weighted by Gasteiger charge is 2.15. The first kappa shape index (κ1) is 14.0. The second-order valence-corrected chi connectivity index (χ2v) is 4.16. The van der Waals surface area contributed by atoms with Gasteiger partial charge < -0.3 is 15.7 Å². The highest BCUT2D eigenvalue weighted by molar-refractivity contribution is 5.82. The monoisotopic (exact) mass is 254 g/mol. The van der Waals surface area contributed by atoms with Crippen molar-refractivity contribution in [3.63, 3.8) is 0 Å². The fraction of sp³-hybridized carbons (Fsp3) is 0.545. The number of urea groups is 1. The van der Waals surface area contributed by atoms with E-state index < -0.39 is 18.0 Å².